The molecule has 1 N–H and O–H groups in total. The first-order valence-corrected chi connectivity index (χ1v) is 7.95. The molecule has 0 amide bonds. The first kappa shape index (κ1) is 15.6. The first-order chi connectivity index (χ1) is 10.2. The molecule has 0 fully saturated rings. The summed E-state index contributed by atoms with van der Waals surface area (Å²) in [6.45, 7) is 8.55. The maximum Gasteiger partial charge on any atom is 0.149 e. The van der Waals surface area contributed by atoms with Gasteiger partial charge in [-0.1, -0.05) is 45.4 Å². The van der Waals surface area contributed by atoms with E-state index >= 15 is 0 Å². The molecule has 2 nitrogen and oxygen atoms in total. The van der Waals surface area contributed by atoms with Crippen molar-refractivity contribution in [3.63, 3.8) is 0 Å². The topological polar surface area (TPSA) is 29.1 Å². The standard InChI is InChI=1S/C19H25NO/c1-4-7-16(8-5-2)17-11-14(3)20-19-10-6-9-15(13-21)12-18(17)19/h9-13,16,20H,3-8H2,1-2H3. The lowest BCUT2D eigenvalue weighted by molar-refractivity contribution is -0.104. The third-order valence-corrected chi connectivity index (χ3v) is 4.06. The van der Waals surface area contributed by atoms with Crippen molar-refractivity contribution < 1.29 is 4.79 Å². The summed E-state index contributed by atoms with van der Waals surface area (Å²) < 4.78 is 0. The highest BCUT2D eigenvalue weighted by atomic mass is 16.1. The summed E-state index contributed by atoms with van der Waals surface area (Å²) in [6, 6.07) is 0. The fourth-order valence-corrected chi connectivity index (χ4v) is 3.13. The normalized spacial score (nSPS) is 18.0. The summed E-state index contributed by atoms with van der Waals surface area (Å²) in [5.74, 6) is 0.541. The Hall–Kier alpha value is -1.83. The summed E-state index contributed by atoms with van der Waals surface area (Å²) in [5.41, 5.74) is 5.32. The molecule has 0 aromatic carbocycles. The van der Waals surface area contributed by atoms with Crippen LogP contribution < -0.4 is 5.32 Å². The summed E-state index contributed by atoms with van der Waals surface area (Å²) in [4.78, 5) is 11.2. The highest BCUT2D eigenvalue weighted by Gasteiger charge is 2.24. The van der Waals surface area contributed by atoms with Gasteiger partial charge in [-0.2, -0.15) is 0 Å². The number of aldehydes is 1. The molecule has 0 saturated carbocycles. The van der Waals surface area contributed by atoms with E-state index in [-0.39, 0.29) is 0 Å². The molecule has 2 heteroatoms. The monoisotopic (exact) mass is 283 g/mol. The molecule has 0 aromatic rings. The average Bonchev–Trinajstić information content (AvgIpc) is 2.68. The minimum Gasteiger partial charge on any atom is -0.356 e. The van der Waals surface area contributed by atoms with Gasteiger partial charge in [-0.15, -0.1) is 0 Å². The number of carbonyl (C=O) groups excluding carboxylic acids is 1. The molecule has 1 aliphatic carbocycles. The summed E-state index contributed by atoms with van der Waals surface area (Å²) in [7, 11) is 0. The van der Waals surface area contributed by atoms with E-state index in [1.807, 2.05) is 12.2 Å². The van der Waals surface area contributed by atoms with Gasteiger partial charge in [-0.05, 0) is 42.9 Å². The molecule has 0 radical (unpaired) electrons. The van der Waals surface area contributed by atoms with E-state index in [0.717, 1.165) is 29.7 Å². The van der Waals surface area contributed by atoms with Crippen molar-refractivity contribution in [1.82, 2.24) is 5.32 Å². The summed E-state index contributed by atoms with van der Waals surface area (Å²) >= 11 is 0. The van der Waals surface area contributed by atoms with Crippen LogP contribution in [0.5, 0.6) is 0 Å². The SMILES string of the molecule is C=C1C=C(C(CCC)CCC)C2=CC(C=O)=CCC=C2N1. The lowest BCUT2D eigenvalue weighted by Gasteiger charge is -2.29. The average molecular weight is 283 g/mol. The molecule has 0 atom stereocenters. The molecule has 0 bridgehead atoms. The number of nitrogens with one attached hydrogen (secondary N) is 1. The van der Waals surface area contributed by atoms with E-state index in [0.29, 0.717) is 5.92 Å². The van der Waals surface area contributed by atoms with E-state index in [4.69, 9.17) is 0 Å². The first-order valence-electron chi connectivity index (χ1n) is 7.95. The van der Waals surface area contributed by atoms with Crippen molar-refractivity contribution in [2.75, 3.05) is 0 Å². The molecule has 0 unspecified atom stereocenters. The minimum absolute atomic E-state index is 0.541. The number of carbonyl (C=O) groups is 1. The molecular formula is C19H25NO. The highest BCUT2D eigenvalue weighted by Crippen LogP contribution is 2.36. The minimum atomic E-state index is 0.541. The second kappa shape index (κ2) is 7.26. The Morgan fingerprint density at radius 3 is 2.57 bits per heavy atom. The van der Waals surface area contributed by atoms with E-state index < -0.39 is 0 Å². The number of allylic oxidation sites excluding steroid dienone is 6. The third kappa shape index (κ3) is 3.63. The van der Waals surface area contributed by atoms with Gasteiger partial charge in [0, 0.05) is 22.5 Å². The van der Waals surface area contributed by atoms with Gasteiger partial charge in [0.15, 0.2) is 0 Å². The quantitative estimate of drug-likeness (QED) is 0.723. The fraction of sp³-hybridized carbons (Fsp3) is 0.421. The van der Waals surface area contributed by atoms with Gasteiger partial charge in [0.25, 0.3) is 0 Å². The van der Waals surface area contributed by atoms with Crippen LogP contribution >= 0.6 is 0 Å². The van der Waals surface area contributed by atoms with Crippen LogP contribution in [-0.4, -0.2) is 6.29 Å². The third-order valence-electron chi connectivity index (χ3n) is 4.06. The second-order valence-corrected chi connectivity index (χ2v) is 5.76. The molecular weight excluding hydrogens is 258 g/mol. The largest absolute Gasteiger partial charge is 0.356 e. The Kier molecular flexibility index (Phi) is 5.38. The van der Waals surface area contributed by atoms with E-state index in [9.17, 15) is 4.79 Å². The van der Waals surface area contributed by atoms with Gasteiger partial charge in [0.05, 0.1) is 0 Å². The van der Waals surface area contributed by atoms with Crippen LogP contribution in [0.15, 0.2) is 59.0 Å². The molecule has 0 aromatic heterocycles. The number of rotatable bonds is 6. The van der Waals surface area contributed by atoms with Crippen molar-refractivity contribution in [3.8, 4) is 0 Å². The van der Waals surface area contributed by atoms with Crippen LogP contribution in [0.3, 0.4) is 0 Å². The van der Waals surface area contributed by atoms with Crippen molar-refractivity contribution in [2.24, 2.45) is 5.92 Å². The number of fused-ring (bicyclic) bond motifs is 1. The molecule has 0 spiro atoms. The van der Waals surface area contributed by atoms with Crippen molar-refractivity contribution in [1.29, 1.82) is 0 Å². The maximum atomic E-state index is 11.2. The molecule has 112 valence electrons. The van der Waals surface area contributed by atoms with Gasteiger partial charge >= 0.3 is 0 Å². The van der Waals surface area contributed by atoms with Crippen LogP contribution in [-0.2, 0) is 4.79 Å². The lowest BCUT2D eigenvalue weighted by atomic mass is 9.82. The van der Waals surface area contributed by atoms with Crippen LogP contribution in [0.25, 0.3) is 0 Å². The van der Waals surface area contributed by atoms with Crippen molar-refractivity contribution in [2.45, 2.75) is 46.0 Å². The zero-order valence-corrected chi connectivity index (χ0v) is 13.1. The van der Waals surface area contributed by atoms with E-state index in [1.54, 1.807) is 0 Å². The number of hydrogen-bond donors (Lipinski definition) is 1. The second-order valence-electron chi connectivity index (χ2n) is 5.76. The molecule has 2 rings (SSSR count). The van der Waals surface area contributed by atoms with E-state index in [2.05, 4.69) is 37.9 Å². The van der Waals surface area contributed by atoms with Crippen LogP contribution in [0, 0.1) is 5.92 Å². The molecule has 1 heterocycles. The van der Waals surface area contributed by atoms with Crippen LogP contribution in [0.1, 0.15) is 46.0 Å². The van der Waals surface area contributed by atoms with Gasteiger partial charge in [0.2, 0.25) is 0 Å². The lowest BCUT2D eigenvalue weighted by Crippen LogP contribution is -2.22. The van der Waals surface area contributed by atoms with Crippen molar-refractivity contribution in [3.05, 3.63) is 59.0 Å². The Labute approximate surface area is 128 Å². The zero-order valence-electron chi connectivity index (χ0n) is 13.1. The Morgan fingerprint density at radius 1 is 1.24 bits per heavy atom. The van der Waals surface area contributed by atoms with Gasteiger partial charge in [-0.3, -0.25) is 4.79 Å². The van der Waals surface area contributed by atoms with Gasteiger partial charge in [0.1, 0.15) is 6.29 Å². The smallest absolute Gasteiger partial charge is 0.149 e. The Balaban J connectivity index is 2.44. The van der Waals surface area contributed by atoms with E-state index in [1.165, 1.54) is 36.8 Å². The maximum absolute atomic E-state index is 11.2. The predicted octanol–water partition coefficient (Wildman–Crippen LogP) is 4.59. The van der Waals surface area contributed by atoms with Gasteiger partial charge < -0.3 is 5.32 Å². The highest BCUT2D eigenvalue weighted by molar-refractivity contribution is 5.79. The number of hydrogen-bond acceptors (Lipinski definition) is 2. The Bertz CT molecular complexity index is 540. The van der Waals surface area contributed by atoms with Crippen LogP contribution in [0.4, 0.5) is 0 Å². The van der Waals surface area contributed by atoms with Gasteiger partial charge in [-0.25, -0.2) is 0 Å². The van der Waals surface area contributed by atoms with Crippen LogP contribution in [0.2, 0.25) is 0 Å². The summed E-state index contributed by atoms with van der Waals surface area (Å²) in [5, 5.41) is 3.34. The molecule has 0 saturated heterocycles. The summed E-state index contributed by atoms with van der Waals surface area (Å²) in [6.07, 6.45) is 14.7. The van der Waals surface area contributed by atoms with Crippen molar-refractivity contribution >= 4 is 6.29 Å². The molecule has 21 heavy (non-hydrogen) atoms. The predicted molar refractivity (Wildman–Crippen MR) is 88.6 cm³/mol. The zero-order chi connectivity index (χ0) is 15.2. The molecule has 2 aliphatic rings. The Morgan fingerprint density at radius 2 is 1.95 bits per heavy atom. The fourth-order valence-electron chi connectivity index (χ4n) is 3.13. The molecule has 1 aliphatic heterocycles.